The van der Waals surface area contributed by atoms with Crippen LogP contribution in [0.5, 0.6) is 5.75 Å². The molecule has 1 aliphatic heterocycles. The van der Waals surface area contributed by atoms with E-state index in [1.807, 2.05) is 38.1 Å². The molecule has 0 aliphatic carbocycles. The van der Waals surface area contributed by atoms with Gasteiger partial charge in [-0.05, 0) is 51.0 Å². The summed E-state index contributed by atoms with van der Waals surface area (Å²) in [6.07, 6.45) is 1.85. The van der Waals surface area contributed by atoms with E-state index in [2.05, 4.69) is 21.3 Å². The Morgan fingerprint density at radius 2 is 2.03 bits per heavy atom. The molecule has 9 heteroatoms. The van der Waals surface area contributed by atoms with Crippen molar-refractivity contribution in [3.63, 3.8) is 0 Å². The zero-order valence-electron chi connectivity index (χ0n) is 18.5. The van der Waals surface area contributed by atoms with E-state index in [1.54, 1.807) is 10.4 Å². The highest BCUT2D eigenvalue weighted by Crippen LogP contribution is 2.21. The topological polar surface area (TPSA) is 98.6 Å². The molecule has 1 aromatic heterocycles. The summed E-state index contributed by atoms with van der Waals surface area (Å²) in [7, 11) is 0. The number of aromatic nitrogens is 1. The van der Waals surface area contributed by atoms with Gasteiger partial charge in [-0.15, -0.1) is 11.3 Å². The second-order valence-corrected chi connectivity index (χ2v) is 8.53. The standard InChI is InChI=1S/C23H29N5O3S/c1-3-31-20-7-5-19(6-8-20)28(12-4-11-24)21(29)15-27-13-9-18(10-14-27)26-23(30)22-17(2)25-16-32-22/h5-8,16,18H,3-4,9-10,12-15H2,1-2H3,(H,26,30). The second-order valence-electron chi connectivity index (χ2n) is 7.67. The first kappa shape index (κ1) is 23.7. The predicted molar refractivity (Wildman–Crippen MR) is 124 cm³/mol. The minimum Gasteiger partial charge on any atom is -0.494 e. The van der Waals surface area contributed by atoms with E-state index in [4.69, 9.17) is 10.00 Å². The molecule has 0 spiro atoms. The van der Waals surface area contributed by atoms with Gasteiger partial charge in [0.2, 0.25) is 5.91 Å². The normalized spacial score (nSPS) is 14.5. The Bertz CT molecular complexity index is 945. The Balaban J connectivity index is 1.53. The van der Waals surface area contributed by atoms with Crippen molar-refractivity contribution < 1.29 is 14.3 Å². The van der Waals surface area contributed by atoms with Crippen LogP contribution in [0, 0.1) is 18.3 Å². The van der Waals surface area contributed by atoms with Gasteiger partial charge in [-0.25, -0.2) is 4.98 Å². The molecule has 170 valence electrons. The SMILES string of the molecule is CCOc1ccc(N(CCC#N)C(=O)CN2CCC(NC(=O)c3scnc3C)CC2)cc1. The van der Waals surface area contributed by atoms with Gasteiger partial charge in [-0.2, -0.15) is 5.26 Å². The lowest BCUT2D eigenvalue weighted by atomic mass is 10.0. The molecule has 1 fully saturated rings. The number of hydrogen-bond acceptors (Lipinski definition) is 7. The minimum absolute atomic E-state index is 0.0350. The van der Waals surface area contributed by atoms with Crippen LogP contribution in [0.15, 0.2) is 29.8 Å². The molecular formula is C23H29N5O3S. The van der Waals surface area contributed by atoms with Crippen LogP contribution in [-0.2, 0) is 4.79 Å². The van der Waals surface area contributed by atoms with Gasteiger partial charge in [0.05, 0.1) is 36.8 Å². The molecule has 1 aromatic carbocycles. The molecular weight excluding hydrogens is 426 g/mol. The van der Waals surface area contributed by atoms with Crippen LogP contribution >= 0.6 is 11.3 Å². The number of piperidine rings is 1. The Kier molecular flexibility index (Phi) is 8.59. The fraction of sp³-hybridized carbons (Fsp3) is 0.478. The number of ether oxygens (including phenoxy) is 1. The van der Waals surface area contributed by atoms with E-state index in [-0.39, 0.29) is 30.8 Å². The number of benzene rings is 1. The zero-order chi connectivity index (χ0) is 22.9. The Morgan fingerprint density at radius 3 is 2.62 bits per heavy atom. The highest BCUT2D eigenvalue weighted by molar-refractivity contribution is 7.11. The van der Waals surface area contributed by atoms with Gasteiger partial charge in [-0.3, -0.25) is 14.5 Å². The Morgan fingerprint density at radius 1 is 1.31 bits per heavy atom. The molecule has 0 radical (unpaired) electrons. The summed E-state index contributed by atoms with van der Waals surface area (Å²) in [6, 6.07) is 9.59. The maximum absolute atomic E-state index is 13.0. The van der Waals surface area contributed by atoms with Gasteiger partial charge in [0, 0.05) is 31.4 Å². The van der Waals surface area contributed by atoms with Gasteiger partial charge in [-0.1, -0.05) is 0 Å². The monoisotopic (exact) mass is 455 g/mol. The number of nitrogens with one attached hydrogen (secondary N) is 1. The van der Waals surface area contributed by atoms with Crippen molar-refractivity contribution in [2.75, 3.05) is 37.7 Å². The van der Waals surface area contributed by atoms with E-state index in [0.717, 1.165) is 43.1 Å². The molecule has 0 unspecified atom stereocenters. The third-order valence-electron chi connectivity index (χ3n) is 5.44. The summed E-state index contributed by atoms with van der Waals surface area (Å²) in [5.74, 6) is 0.645. The minimum atomic E-state index is -0.0716. The van der Waals surface area contributed by atoms with Crippen molar-refractivity contribution in [3.8, 4) is 11.8 Å². The molecule has 2 heterocycles. The van der Waals surface area contributed by atoms with E-state index in [9.17, 15) is 9.59 Å². The maximum atomic E-state index is 13.0. The van der Waals surface area contributed by atoms with Crippen LogP contribution in [0.1, 0.15) is 41.6 Å². The largest absolute Gasteiger partial charge is 0.494 e. The van der Waals surface area contributed by atoms with E-state index >= 15 is 0 Å². The average Bonchev–Trinajstić information content (AvgIpc) is 3.22. The number of carbonyl (C=O) groups excluding carboxylic acids is 2. The predicted octanol–water partition coefficient (Wildman–Crippen LogP) is 2.99. The number of hydrogen-bond donors (Lipinski definition) is 1. The van der Waals surface area contributed by atoms with Gasteiger partial charge < -0.3 is 15.0 Å². The lowest BCUT2D eigenvalue weighted by molar-refractivity contribution is -0.120. The summed E-state index contributed by atoms with van der Waals surface area (Å²) in [5, 5.41) is 12.1. The first-order valence-corrected chi connectivity index (χ1v) is 11.7. The summed E-state index contributed by atoms with van der Waals surface area (Å²) in [4.78, 5) is 34.0. The van der Waals surface area contributed by atoms with Crippen molar-refractivity contribution in [3.05, 3.63) is 40.3 Å². The number of carbonyl (C=O) groups is 2. The molecule has 1 saturated heterocycles. The number of nitriles is 1. The van der Waals surface area contributed by atoms with Crippen LogP contribution in [0.3, 0.4) is 0 Å². The Hall–Kier alpha value is -2.96. The second kappa shape index (κ2) is 11.6. The van der Waals surface area contributed by atoms with Crippen LogP contribution in [0.2, 0.25) is 0 Å². The third-order valence-corrected chi connectivity index (χ3v) is 6.37. The first-order valence-electron chi connectivity index (χ1n) is 10.8. The number of thiazole rings is 1. The van der Waals surface area contributed by atoms with Crippen molar-refractivity contribution in [2.24, 2.45) is 0 Å². The summed E-state index contributed by atoms with van der Waals surface area (Å²) in [6.45, 7) is 6.43. The van der Waals surface area contributed by atoms with Gasteiger partial charge >= 0.3 is 0 Å². The molecule has 32 heavy (non-hydrogen) atoms. The molecule has 1 N–H and O–H groups in total. The lowest BCUT2D eigenvalue weighted by Gasteiger charge is -2.33. The summed E-state index contributed by atoms with van der Waals surface area (Å²) < 4.78 is 5.47. The van der Waals surface area contributed by atoms with E-state index in [0.29, 0.717) is 18.0 Å². The van der Waals surface area contributed by atoms with Crippen LogP contribution in [0.25, 0.3) is 0 Å². The molecule has 0 bridgehead atoms. The molecule has 2 aromatic rings. The van der Waals surface area contributed by atoms with Crippen molar-refractivity contribution in [1.82, 2.24) is 15.2 Å². The lowest BCUT2D eigenvalue weighted by Crippen LogP contribution is -2.48. The first-order chi connectivity index (χ1) is 15.5. The van der Waals surface area contributed by atoms with E-state index in [1.165, 1.54) is 11.3 Å². The van der Waals surface area contributed by atoms with E-state index < -0.39 is 0 Å². The molecule has 0 atom stereocenters. The number of anilines is 1. The van der Waals surface area contributed by atoms with Crippen LogP contribution in [-0.4, -0.2) is 60.5 Å². The van der Waals surface area contributed by atoms with Gasteiger partial charge in [0.25, 0.3) is 5.91 Å². The van der Waals surface area contributed by atoms with Gasteiger partial charge in [0.15, 0.2) is 0 Å². The number of rotatable bonds is 9. The number of nitrogens with zero attached hydrogens (tertiary/aromatic N) is 4. The highest BCUT2D eigenvalue weighted by atomic mass is 32.1. The van der Waals surface area contributed by atoms with Crippen molar-refractivity contribution in [2.45, 2.75) is 39.2 Å². The number of amides is 2. The summed E-state index contributed by atoms with van der Waals surface area (Å²) in [5.41, 5.74) is 3.19. The van der Waals surface area contributed by atoms with Gasteiger partial charge in [0.1, 0.15) is 10.6 Å². The average molecular weight is 456 g/mol. The molecule has 3 rings (SSSR count). The van der Waals surface area contributed by atoms with Crippen molar-refractivity contribution >= 4 is 28.8 Å². The molecule has 2 amide bonds. The van der Waals surface area contributed by atoms with Crippen molar-refractivity contribution in [1.29, 1.82) is 5.26 Å². The number of likely N-dealkylation sites (tertiary alicyclic amines) is 1. The quantitative estimate of drug-likeness (QED) is 0.624. The number of aryl methyl sites for hydroxylation is 1. The smallest absolute Gasteiger partial charge is 0.263 e. The third kappa shape index (κ3) is 6.28. The van der Waals surface area contributed by atoms with Crippen LogP contribution < -0.4 is 15.0 Å². The fourth-order valence-corrected chi connectivity index (χ4v) is 4.44. The molecule has 8 nitrogen and oxygen atoms in total. The summed E-state index contributed by atoms with van der Waals surface area (Å²) >= 11 is 1.35. The zero-order valence-corrected chi connectivity index (χ0v) is 19.4. The molecule has 1 aliphatic rings. The van der Waals surface area contributed by atoms with Crippen LogP contribution in [0.4, 0.5) is 5.69 Å². The molecule has 0 saturated carbocycles. The highest BCUT2D eigenvalue weighted by Gasteiger charge is 2.25. The fourth-order valence-electron chi connectivity index (χ4n) is 3.73. The Labute approximate surface area is 192 Å². The maximum Gasteiger partial charge on any atom is 0.263 e.